The third kappa shape index (κ3) is 9.67. The lowest BCUT2D eigenvalue weighted by atomic mass is 9.92. The zero-order valence-electron chi connectivity index (χ0n) is 51.5. The van der Waals surface area contributed by atoms with E-state index in [1.54, 1.807) is 0 Å². The number of benzene rings is 18. The number of hydrogen-bond donors (Lipinski definition) is 0. The normalized spacial score (nSPS) is 11.6. The Kier molecular flexibility index (Phi) is 13.3. The van der Waals surface area contributed by atoms with E-state index in [9.17, 15) is 0 Å². The van der Waals surface area contributed by atoms with Gasteiger partial charge in [-0.2, -0.15) is 0 Å². The first-order valence-corrected chi connectivity index (χ1v) is 32.4. The van der Waals surface area contributed by atoms with E-state index in [0.29, 0.717) is 0 Å². The Labute approximate surface area is 546 Å². The van der Waals surface area contributed by atoms with Crippen LogP contribution in [-0.4, -0.2) is 0 Å². The van der Waals surface area contributed by atoms with Crippen LogP contribution in [0.3, 0.4) is 0 Å². The highest BCUT2D eigenvalue weighted by Gasteiger charge is 2.21. The van der Waals surface area contributed by atoms with Crippen LogP contribution < -0.4 is 9.80 Å². The predicted octanol–water partition coefficient (Wildman–Crippen LogP) is 26.2. The Morgan fingerprint density at radius 2 is 0.447 bits per heavy atom. The minimum Gasteiger partial charge on any atom is -0.310 e. The molecule has 2 heteroatoms. The van der Waals surface area contributed by atoms with E-state index >= 15 is 0 Å². The van der Waals surface area contributed by atoms with E-state index in [-0.39, 0.29) is 0 Å². The molecule has 2 nitrogen and oxygen atoms in total. The van der Waals surface area contributed by atoms with Crippen molar-refractivity contribution in [2.75, 3.05) is 9.80 Å². The summed E-state index contributed by atoms with van der Waals surface area (Å²) < 4.78 is 0. The van der Waals surface area contributed by atoms with Gasteiger partial charge >= 0.3 is 0 Å². The fraction of sp³-hybridized carbons (Fsp3) is 0. The quantitative estimate of drug-likeness (QED) is 0.119. The average molecular weight is 1190 g/mol. The number of para-hydroxylation sites is 1. The van der Waals surface area contributed by atoms with Crippen molar-refractivity contribution >= 4 is 120 Å². The van der Waals surface area contributed by atoms with E-state index < -0.39 is 0 Å². The van der Waals surface area contributed by atoms with Crippen LogP contribution in [0.25, 0.3) is 142 Å². The fourth-order valence-electron chi connectivity index (χ4n) is 14.7. The molecule has 94 heavy (non-hydrogen) atoms. The molecule has 18 aromatic carbocycles. The number of fused-ring (bicyclic) bond motifs is 12. The summed E-state index contributed by atoms with van der Waals surface area (Å²) in [5, 5.41) is 19.6. The number of rotatable bonds is 11. The predicted molar refractivity (Wildman–Crippen MR) is 403 cm³/mol. The van der Waals surface area contributed by atoms with Crippen molar-refractivity contribution in [2.24, 2.45) is 0 Å². The molecule has 0 aliphatic rings. The van der Waals surface area contributed by atoms with Crippen molar-refractivity contribution in [1.82, 2.24) is 0 Å². The second kappa shape index (κ2) is 22.8. The summed E-state index contributed by atoms with van der Waals surface area (Å²) in [5.74, 6) is 0. The molecule has 18 aromatic rings. The summed E-state index contributed by atoms with van der Waals surface area (Å²) in [6, 6.07) is 134. The second-order valence-electron chi connectivity index (χ2n) is 24.8. The molecule has 0 bridgehead atoms. The van der Waals surface area contributed by atoms with Gasteiger partial charge in [0.15, 0.2) is 0 Å². The van der Waals surface area contributed by atoms with Gasteiger partial charge in [-0.05, 0) is 227 Å². The van der Waals surface area contributed by atoms with Gasteiger partial charge in [-0.25, -0.2) is 0 Å². The summed E-state index contributed by atoms with van der Waals surface area (Å²) in [4.78, 5) is 4.87. The van der Waals surface area contributed by atoms with Crippen LogP contribution in [-0.2, 0) is 0 Å². The van der Waals surface area contributed by atoms with Gasteiger partial charge in [0.25, 0.3) is 0 Å². The first-order valence-electron chi connectivity index (χ1n) is 32.4. The largest absolute Gasteiger partial charge is 0.310 e. The van der Waals surface area contributed by atoms with Crippen LogP contribution in [0.15, 0.2) is 364 Å². The van der Waals surface area contributed by atoms with Crippen molar-refractivity contribution in [3.63, 3.8) is 0 Å². The van der Waals surface area contributed by atoms with Gasteiger partial charge < -0.3 is 9.80 Å². The molecule has 0 fully saturated rings. The van der Waals surface area contributed by atoms with E-state index in [0.717, 1.165) is 56.4 Å². The molecule has 0 saturated carbocycles. The molecular formula is C92H60N2. The molecule has 0 amide bonds. The van der Waals surface area contributed by atoms with Crippen molar-refractivity contribution in [3.8, 4) is 55.6 Å². The van der Waals surface area contributed by atoms with Gasteiger partial charge in [-0.1, -0.05) is 273 Å². The van der Waals surface area contributed by atoms with Crippen LogP contribution in [0.1, 0.15) is 0 Å². The molecule has 18 rings (SSSR count). The second-order valence-corrected chi connectivity index (χ2v) is 24.8. The first-order chi connectivity index (χ1) is 46.6. The Balaban J connectivity index is 0.730. The van der Waals surface area contributed by atoms with Gasteiger partial charge in [0.2, 0.25) is 0 Å². The molecule has 0 atom stereocenters. The monoisotopic (exact) mass is 1190 g/mol. The first kappa shape index (κ1) is 54.6. The minimum atomic E-state index is 1.08. The average Bonchev–Trinajstić information content (AvgIpc) is 0.780. The lowest BCUT2D eigenvalue weighted by molar-refractivity contribution is 1.29. The molecule has 0 heterocycles. The molecule has 438 valence electrons. The van der Waals surface area contributed by atoms with Gasteiger partial charge in [-0.3, -0.25) is 0 Å². The Morgan fingerprint density at radius 3 is 0.947 bits per heavy atom. The molecule has 0 aliphatic heterocycles. The summed E-state index contributed by atoms with van der Waals surface area (Å²) in [5.41, 5.74) is 18.3. The molecule has 0 N–H and O–H groups in total. The van der Waals surface area contributed by atoms with E-state index in [2.05, 4.69) is 374 Å². The third-order valence-corrected chi connectivity index (χ3v) is 19.3. The van der Waals surface area contributed by atoms with Crippen molar-refractivity contribution in [1.29, 1.82) is 0 Å². The lowest BCUT2D eigenvalue weighted by Gasteiger charge is -2.29. The van der Waals surface area contributed by atoms with Crippen molar-refractivity contribution < 1.29 is 0 Å². The Morgan fingerprint density at radius 1 is 0.138 bits per heavy atom. The highest BCUT2D eigenvalue weighted by Crippen LogP contribution is 2.47. The highest BCUT2D eigenvalue weighted by atomic mass is 15.1. The van der Waals surface area contributed by atoms with E-state index in [4.69, 9.17) is 0 Å². The Hall–Kier alpha value is -12.4. The zero-order chi connectivity index (χ0) is 62.1. The molecule has 0 aromatic heterocycles. The van der Waals surface area contributed by atoms with Gasteiger partial charge in [0.1, 0.15) is 0 Å². The van der Waals surface area contributed by atoms with Crippen LogP contribution in [0.5, 0.6) is 0 Å². The number of anilines is 6. The van der Waals surface area contributed by atoms with Crippen LogP contribution in [0.4, 0.5) is 34.1 Å². The summed E-state index contributed by atoms with van der Waals surface area (Å²) in [7, 11) is 0. The lowest BCUT2D eigenvalue weighted by Crippen LogP contribution is -2.11. The highest BCUT2D eigenvalue weighted by molar-refractivity contribution is 6.15. The number of nitrogens with zero attached hydrogens (tertiary/aromatic N) is 2. The third-order valence-electron chi connectivity index (χ3n) is 19.3. The number of hydrogen-bond acceptors (Lipinski definition) is 2. The molecule has 0 unspecified atom stereocenters. The topological polar surface area (TPSA) is 6.48 Å². The van der Waals surface area contributed by atoms with Crippen LogP contribution in [0, 0.1) is 0 Å². The summed E-state index contributed by atoms with van der Waals surface area (Å²) in [6.07, 6.45) is 0. The van der Waals surface area contributed by atoms with Crippen LogP contribution >= 0.6 is 0 Å². The van der Waals surface area contributed by atoms with Gasteiger partial charge in [-0.15, -0.1) is 0 Å². The molecule has 0 spiro atoms. The smallest absolute Gasteiger partial charge is 0.0540 e. The maximum Gasteiger partial charge on any atom is 0.0540 e. The maximum absolute atomic E-state index is 2.45. The van der Waals surface area contributed by atoms with Gasteiger partial charge in [0.05, 0.1) is 5.69 Å². The van der Waals surface area contributed by atoms with Crippen molar-refractivity contribution in [3.05, 3.63) is 364 Å². The summed E-state index contributed by atoms with van der Waals surface area (Å²) >= 11 is 0. The van der Waals surface area contributed by atoms with Crippen LogP contribution in [0.2, 0.25) is 0 Å². The van der Waals surface area contributed by atoms with E-state index in [1.807, 2.05) is 0 Å². The van der Waals surface area contributed by atoms with Crippen molar-refractivity contribution in [2.45, 2.75) is 0 Å². The molecule has 0 radical (unpaired) electrons. The van der Waals surface area contributed by atoms with E-state index in [1.165, 1.54) is 120 Å². The fourth-order valence-corrected chi connectivity index (χ4v) is 14.7. The van der Waals surface area contributed by atoms with Gasteiger partial charge in [0, 0.05) is 34.0 Å². The summed E-state index contributed by atoms with van der Waals surface area (Å²) in [6.45, 7) is 0. The molecule has 0 saturated heterocycles. The SMILES string of the molecule is c1ccc(-c2cc(-c3ccccc3)cc(-c3ccc(N(c4ccc5c(ccc6ccccc65)c4)c4ccc5c(ccc6c(-c7cccc(-c8ccccc8N(c8ccc9c(ccc%10ccccc%109)c8)c8ccc9c(ccc%10ccccc%109)c8)c7)cccc65)c4)cc3)c2)cc1. The minimum absolute atomic E-state index is 1.08. The standard InChI is InChI=1S/C92H60N2/c1-3-17-61(18-4-1)73-54-74(62-19-5-2-6-20-62)56-75(55-73)63-39-42-76(43-40-63)93(77-44-49-85-69(57-77)36-33-64-21-7-10-26-81(64)85)78-45-52-88-72(58-78)41-48-91-84(30-16-31-90(88)91)67-24-15-25-68(53-67)89-29-13-14-32-92(89)94(79-46-50-86-70(59-79)37-34-65-22-8-11-27-82(65)86)80-47-51-87-71(60-80)38-35-66-23-9-12-28-83(66)87/h1-60H. The Bertz CT molecular complexity index is 5810. The molecule has 0 aliphatic carbocycles. The maximum atomic E-state index is 2.45. The zero-order valence-corrected chi connectivity index (χ0v) is 51.5. The molecular weight excluding hydrogens is 1130 g/mol.